The van der Waals surface area contributed by atoms with Crippen LogP contribution in [0.3, 0.4) is 0 Å². The zero-order valence-electron chi connectivity index (χ0n) is 11.5. The molecule has 1 saturated carbocycles. The third-order valence-corrected chi connectivity index (χ3v) is 2.86. The highest BCUT2D eigenvalue weighted by molar-refractivity contribution is 5.92. The first-order chi connectivity index (χ1) is 9.04. The van der Waals surface area contributed by atoms with Crippen LogP contribution in [-0.4, -0.2) is 13.1 Å². The predicted octanol–water partition coefficient (Wildman–Crippen LogP) is 2.33. The minimum Gasteiger partial charge on any atom is -0.396 e. The summed E-state index contributed by atoms with van der Waals surface area (Å²) in [5, 5.41) is 3.37. The van der Waals surface area contributed by atoms with Crippen molar-refractivity contribution in [1.29, 1.82) is 0 Å². The normalized spacial score (nSPS) is 13.3. The number of urea groups is 1. The van der Waals surface area contributed by atoms with Gasteiger partial charge in [0.1, 0.15) is 5.82 Å². The van der Waals surface area contributed by atoms with E-state index in [0.29, 0.717) is 5.69 Å². The van der Waals surface area contributed by atoms with E-state index < -0.39 is 11.8 Å². The molecule has 1 aliphatic rings. The Bertz CT molecular complexity index is 460. The van der Waals surface area contributed by atoms with Crippen LogP contribution in [0.4, 0.5) is 20.6 Å². The van der Waals surface area contributed by atoms with Crippen LogP contribution in [0.1, 0.15) is 38.2 Å². The Morgan fingerprint density at radius 3 is 2.47 bits per heavy atom. The van der Waals surface area contributed by atoms with Gasteiger partial charge in [-0.3, -0.25) is 0 Å². The molecule has 0 aromatic heterocycles. The summed E-state index contributed by atoms with van der Waals surface area (Å²) >= 11 is 0. The lowest BCUT2D eigenvalue weighted by Crippen LogP contribution is -2.43. The number of anilines is 2. The van der Waals surface area contributed by atoms with Crippen LogP contribution >= 0.6 is 0 Å². The van der Waals surface area contributed by atoms with Crippen molar-refractivity contribution in [2.75, 3.05) is 17.8 Å². The van der Waals surface area contributed by atoms with E-state index in [2.05, 4.69) is 5.32 Å². The molecule has 0 aliphatic heterocycles. The number of nitrogens with one attached hydrogen (secondary N) is 1. The van der Waals surface area contributed by atoms with Crippen LogP contribution in [0.15, 0.2) is 12.1 Å². The number of hydrogen-bond acceptors (Lipinski definition) is 3. The Balaban J connectivity index is 0.000000861. The van der Waals surface area contributed by atoms with Gasteiger partial charge in [-0.25, -0.2) is 20.0 Å². The molecule has 0 spiro atoms. The summed E-state index contributed by atoms with van der Waals surface area (Å²) in [6.07, 6.45) is 1.97. The van der Waals surface area contributed by atoms with Gasteiger partial charge in [0.2, 0.25) is 0 Å². The number of nitrogens with zero attached hydrogens (tertiary/aromatic N) is 1. The molecular weight excluding hydrogens is 247 g/mol. The van der Waals surface area contributed by atoms with E-state index in [-0.39, 0.29) is 11.6 Å². The van der Waals surface area contributed by atoms with Gasteiger partial charge in [0.05, 0.1) is 11.4 Å². The molecular formula is C13H21FN4O. The smallest absolute Gasteiger partial charge is 0.336 e. The van der Waals surface area contributed by atoms with Crippen molar-refractivity contribution in [3.63, 3.8) is 0 Å². The van der Waals surface area contributed by atoms with Crippen molar-refractivity contribution in [2.45, 2.75) is 32.6 Å². The molecule has 5 nitrogen and oxygen atoms in total. The van der Waals surface area contributed by atoms with E-state index in [1.165, 1.54) is 19.2 Å². The highest BCUT2D eigenvalue weighted by Crippen LogP contribution is 2.45. The zero-order chi connectivity index (χ0) is 14.6. The van der Waals surface area contributed by atoms with E-state index in [0.717, 1.165) is 23.4 Å². The van der Waals surface area contributed by atoms with Crippen molar-refractivity contribution >= 4 is 17.4 Å². The van der Waals surface area contributed by atoms with Gasteiger partial charge < -0.3 is 11.1 Å². The van der Waals surface area contributed by atoms with Gasteiger partial charge in [-0.2, -0.15) is 0 Å². The summed E-state index contributed by atoms with van der Waals surface area (Å²) < 4.78 is 13.4. The summed E-state index contributed by atoms with van der Waals surface area (Å²) in [5.74, 6) is 5.48. The van der Waals surface area contributed by atoms with Crippen LogP contribution in [-0.2, 0) is 0 Å². The molecule has 2 amide bonds. The van der Waals surface area contributed by atoms with Crippen molar-refractivity contribution in [1.82, 2.24) is 5.32 Å². The van der Waals surface area contributed by atoms with Gasteiger partial charge >= 0.3 is 6.03 Å². The van der Waals surface area contributed by atoms with Crippen LogP contribution in [0.25, 0.3) is 0 Å². The zero-order valence-corrected chi connectivity index (χ0v) is 11.5. The Labute approximate surface area is 112 Å². The largest absolute Gasteiger partial charge is 0.396 e. The number of nitrogens with two attached hydrogens (primary N) is 2. The molecule has 0 atom stereocenters. The third kappa shape index (κ3) is 3.35. The molecule has 0 saturated heterocycles. The first kappa shape index (κ1) is 15.2. The number of carbonyl (C=O) groups is 1. The highest BCUT2D eigenvalue weighted by atomic mass is 19.1. The maximum atomic E-state index is 13.4. The van der Waals surface area contributed by atoms with E-state index in [9.17, 15) is 9.18 Å². The predicted molar refractivity (Wildman–Crippen MR) is 75.3 cm³/mol. The summed E-state index contributed by atoms with van der Waals surface area (Å²) in [4.78, 5) is 11.5. The standard InChI is InChI=1S/C11H15FN4O.C2H6/c1-15-11(17)16(14)10-5-9(13)8(12)4-7(10)6-2-3-6;1-2/h4-6H,2-3,13-14H2,1H3,(H,15,17);1-2H3. The summed E-state index contributed by atoms with van der Waals surface area (Å²) in [6.45, 7) is 4.00. The number of rotatable bonds is 2. The van der Waals surface area contributed by atoms with Gasteiger partial charge in [-0.05, 0) is 36.5 Å². The van der Waals surface area contributed by atoms with E-state index in [4.69, 9.17) is 11.6 Å². The molecule has 1 aromatic rings. The number of hydrogen-bond donors (Lipinski definition) is 3. The second-order valence-electron chi connectivity index (χ2n) is 4.13. The fourth-order valence-corrected chi connectivity index (χ4v) is 1.75. The Hall–Kier alpha value is -1.82. The minimum absolute atomic E-state index is 0.0104. The third-order valence-electron chi connectivity index (χ3n) is 2.86. The number of carbonyl (C=O) groups excluding carboxylic acids is 1. The van der Waals surface area contributed by atoms with Gasteiger partial charge in [0.15, 0.2) is 0 Å². The molecule has 6 heteroatoms. The first-order valence-corrected chi connectivity index (χ1v) is 6.40. The maximum absolute atomic E-state index is 13.4. The Morgan fingerprint density at radius 1 is 1.42 bits per heavy atom. The molecule has 5 N–H and O–H groups in total. The Morgan fingerprint density at radius 2 is 2.00 bits per heavy atom. The van der Waals surface area contributed by atoms with Gasteiger partial charge in [-0.15, -0.1) is 0 Å². The lowest BCUT2D eigenvalue weighted by molar-refractivity contribution is 0.248. The van der Waals surface area contributed by atoms with E-state index in [1.54, 1.807) is 0 Å². The van der Waals surface area contributed by atoms with Crippen molar-refractivity contribution in [2.24, 2.45) is 5.84 Å². The van der Waals surface area contributed by atoms with Crippen LogP contribution in [0.5, 0.6) is 0 Å². The SMILES string of the molecule is CC.CNC(=O)N(N)c1cc(N)c(F)cc1C1CC1. The number of hydrazine groups is 1. The molecule has 2 rings (SSSR count). The quantitative estimate of drug-likeness (QED) is 0.333. The van der Waals surface area contributed by atoms with Gasteiger partial charge in [0, 0.05) is 7.05 Å². The average molecular weight is 268 g/mol. The molecule has 1 aliphatic carbocycles. The van der Waals surface area contributed by atoms with E-state index >= 15 is 0 Å². The minimum atomic E-state index is -0.471. The van der Waals surface area contributed by atoms with Crippen LogP contribution in [0, 0.1) is 5.82 Å². The molecule has 0 bridgehead atoms. The molecule has 1 aromatic carbocycles. The summed E-state index contributed by atoms with van der Waals surface area (Å²) in [5.41, 5.74) is 6.69. The fraction of sp³-hybridized carbons (Fsp3) is 0.462. The summed E-state index contributed by atoms with van der Waals surface area (Å²) in [6, 6.07) is 2.31. The number of amides is 2. The number of nitrogen functional groups attached to an aromatic ring is 1. The fourth-order valence-electron chi connectivity index (χ4n) is 1.75. The van der Waals surface area contributed by atoms with Crippen LogP contribution in [0.2, 0.25) is 0 Å². The highest BCUT2D eigenvalue weighted by Gasteiger charge is 2.29. The van der Waals surface area contributed by atoms with Crippen molar-refractivity contribution in [3.8, 4) is 0 Å². The molecule has 1 fully saturated rings. The van der Waals surface area contributed by atoms with Gasteiger partial charge in [0.25, 0.3) is 0 Å². The molecule has 0 unspecified atom stereocenters. The van der Waals surface area contributed by atoms with Crippen molar-refractivity contribution in [3.05, 3.63) is 23.5 Å². The van der Waals surface area contributed by atoms with Crippen molar-refractivity contribution < 1.29 is 9.18 Å². The molecule has 0 radical (unpaired) electrons. The second-order valence-corrected chi connectivity index (χ2v) is 4.13. The van der Waals surface area contributed by atoms with E-state index in [1.807, 2.05) is 13.8 Å². The number of halogens is 1. The Kier molecular flexibility index (Phi) is 5.11. The first-order valence-electron chi connectivity index (χ1n) is 6.40. The molecule has 0 heterocycles. The number of benzene rings is 1. The molecule has 106 valence electrons. The lowest BCUT2D eigenvalue weighted by Gasteiger charge is -2.20. The second kappa shape index (κ2) is 6.38. The van der Waals surface area contributed by atoms with Crippen LogP contribution < -0.4 is 21.9 Å². The topological polar surface area (TPSA) is 84.4 Å². The monoisotopic (exact) mass is 268 g/mol. The average Bonchev–Trinajstić information content (AvgIpc) is 3.26. The lowest BCUT2D eigenvalue weighted by atomic mass is 10.1. The van der Waals surface area contributed by atoms with Gasteiger partial charge in [-0.1, -0.05) is 13.8 Å². The maximum Gasteiger partial charge on any atom is 0.336 e. The molecule has 19 heavy (non-hydrogen) atoms. The summed E-state index contributed by atoms with van der Waals surface area (Å²) in [7, 11) is 1.48.